The van der Waals surface area contributed by atoms with Crippen molar-refractivity contribution in [2.45, 2.75) is 64.1 Å². The number of likely N-dealkylation sites (tertiary alicyclic amines) is 1. The average molecular weight is 411 g/mol. The molecule has 0 saturated carbocycles. The van der Waals surface area contributed by atoms with Gasteiger partial charge in [0, 0.05) is 45.9 Å². The Balaban J connectivity index is 1.31. The molecule has 168 valence electrons. The van der Waals surface area contributed by atoms with Crippen LogP contribution in [0.5, 0.6) is 0 Å². The summed E-state index contributed by atoms with van der Waals surface area (Å²) in [6, 6.07) is 0. The van der Waals surface area contributed by atoms with Crippen molar-refractivity contribution in [3.63, 3.8) is 0 Å². The predicted octanol–water partition coefficient (Wildman–Crippen LogP) is 2.11. The maximum atomic E-state index is 6.16. The summed E-state index contributed by atoms with van der Waals surface area (Å²) in [6.45, 7) is 12.8. The van der Waals surface area contributed by atoms with E-state index in [4.69, 9.17) is 19.2 Å². The maximum absolute atomic E-state index is 6.16. The van der Waals surface area contributed by atoms with Crippen LogP contribution in [0.15, 0.2) is 4.99 Å². The molecule has 3 saturated heterocycles. The molecule has 7 nitrogen and oxygen atoms in total. The van der Waals surface area contributed by atoms with Crippen molar-refractivity contribution < 1.29 is 14.2 Å². The summed E-state index contributed by atoms with van der Waals surface area (Å²) in [5, 5.41) is 3.48. The van der Waals surface area contributed by atoms with Crippen LogP contribution in [-0.2, 0) is 14.2 Å². The van der Waals surface area contributed by atoms with E-state index < -0.39 is 0 Å². The first-order valence-electron chi connectivity index (χ1n) is 11.9. The van der Waals surface area contributed by atoms with Crippen LogP contribution in [0, 0.1) is 0 Å². The molecular formula is C22H42N4O3. The Morgan fingerprint density at radius 1 is 1.03 bits per heavy atom. The van der Waals surface area contributed by atoms with Gasteiger partial charge in [0.1, 0.15) is 0 Å². The number of hydrogen-bond acceptors (Lipinski definition) is 5. The van der Waals surface area contributed by atoms with Crippen LogP contribution in [0.3, 0.4) is 0 Å². The van der Waals surface area contributed by atoms with Crippen molar-refractivity contribution in [3.8, 4) is 0 Å². The number of unbranched alkanes of at least 4 members (excludes halogenated alkanes) is 1. The van der Waals surface area contributed by atoms with E-state index in [0.29, 0.717) is 12.2 Å². The Morgan fingerprint density at radius 3 is 2.59 bits per heavy atom. The van der Waals surface area contributed by atoms with Crippen molar-refractivity contribution in [3.05, 3.63) is 0 Å². The Bertz CT molecular complexity index is 457. The summed E-state index contributed by atoms with van der Waals surface area (Å²) < 4.78 is 17.4. The molecule has 3 aliphatic rings. The second kappa shape index (κ2) is 13.4. The predicted molar refractivity (Wildman–Crippen MR) is 117 cm³/mol. The highest BCUT2D eigenvalue weighted by Gasteiger charge is 2.23. The third kappa shape index (κ3) is 8.40. The molecule has 1 N–H and O–H groups in total. The lowest BCUT2D eigenvalue weighted by Gasteiger charge is -2.35. The number of guanidine groups is 1. The molecule has 1 unspecified atom stereocenters. The van der Waals surface area contributed by atoms with E-state index >= 15 is 0 Å². The molecule has 3 rings (SSSR count). The zero-order chi connectivity index (χ0) is 20.2. The highest BCUT2D eigenvalue weighted by Crippen LogP contribution is 2.18. The van der Waals surface area contributed by atoms with Gasteiger partial charge in [-0.1, -0.05) is 0 Å². The fourth-order valence-corrected chi connectivity index (χ4v) is 4.30. The lowest BCUT2D eigenvalue weighted by atomic mass is 10.1. The number of ether oxygens (including phenoxy) is 3. The molecule has 0 radical (unpaired) electrons. The molecule has 0 aromatic heterocycles. The summed E-state index contributed by atoms with van der Waals surface area (Å²) in [7, 11) is 0. The van der Waals surface area contributed by atoms with E-state index in [1.807, 2.05) is 0 Å². The second-order valence-electron chi connectivity index (χ2n) is 8.41. The minimum atomic E-state index is 0.318. The Kier molecular flexibility index (Phi) is 10.5. The highest BCUT2D eigenvalue weighted by molar-refractivity contribution is 5.80. The largest absolute Gasteiger partial charge is 0.379 e. The molecule has 3 fully saturated rings. The molecule has 7 heteroatoms. The third-order valence-corrected chi connectivity index (χ3v) is 6.12. The number of rotatable bonds is 9. The number of aliphatic imine (C=N–C) groups is 1. The van der Waals surface area contributed by atoms with Gasteiger partial charge in [-0.25, -0.2) is 0 Å². The standard InChI is InChI=1S/C22H42N4O3/c1-2-23-22(24-10-4-5-11-25-14-17-27-18-15-25)26-12-8-20(9-13-26)29-19-21-7-3-6-16-28-21/h20-21H,2-19H2,1H3,(H,23,24). The summed E-state index contributed by atoms with van der Waals surface area (Å²) in [5.74, 6) is 1.08. The van der Waals surface area contributed by atoms with E-state index in [0.717, 1.165) is 97.3 Å². The maximum Gasteiger partial charge on any atom is 0.193 e. The van der Waals surface area contributed by atoms with Crippen molar-refractivity contribution in [2.75, 3.05) is 72.2 Å². The van der Waals surface area contributed by atoms with E-state index in [1.165, 1.54) is 25.8 Å². The first-order chi connectivity index (χ1) is 14.3. The monoisotopic (exact) mass is 410 g/mol. The SMILES string of the molecule is CCNC(=NCCCCN1CCOCC1)N1CCC(OCC2CCCCO2)CC1. The number of piperidine rings is 1. The minimum Gasteiger partial charge on any atom is -0.379 e. The lowest BCUT2D eigenvalue weighted by Crippen LogP contribution is -2.47. The van der Waals surface area contributed by atoms with Gasteiger partial charge in [0.2, 0.25) is 0 Å². The van der Waals surface area contributed by atoms with Crippen LogP contribution in [0.4, 0.5) is 0 Å². The number of nitrogens with zero attached hydrogens (tertiary/aromatic N) is 3. The van der Waals surface area contributed by atoms with Crippen molar-refractivity contribution in [1.82, 2.24) is 15.1 Å². The number of nitrogens with one attached hydrogen (secondary N) is 1. The first kappa shape index (κ1) is 22.8. The van der Waals surface area contributed by atoms with E-state index in [9.17, 15) is 0 Å². The molecule has 3 aliphatic heterocycles. The molecule has 0 aromatic carbocycles. The van der Waals surface area contributed by atoms with Crippen molar-refractivity contribution >= 4 is 5.96 Å². The second-order valence-corrected chi connectivity index (χ2v) is 8.41. The van der Waals surface area contributed by atoms with Crippen LogP contribution < -0.4 is 5.32 Å². The van der Waals surface area contributed by atoms with E-state index in [-0.39, 0.29) is 0 Å². The minimum absolute atomic E-state index is 0.318. The summed E-state index contributed by atoms with van der Waals surface area (Å²) >= 11 is 0. The van der Waals surface area contributed by atoms with Gasteiger partial charge >= 0.3 is 0 Å². The quantitative estimate of drug-likeness (QED) is 0.357. The lowest BCUT2D eigenvalue weighted by molar-refractivity contribution is -0.0721. The topological polar surface area (TPSA) is 58.6 Å². The fraction of sp³-hybridized carbons (Fsp3) is 0.955. The van der Waals surface area contributed by atoms with Gasteiger partial charge in [-0.3, -0.25) is 9.89 Å². The molecule has 0 bridgehead atoms. The van der Waals surface area contributed by atoms with Gasteiger partial charge in [-0.2, -0.15) is 0 Å². The molecule has 3 heterocycles. The Morgan fingerprint density at radius 2 is 1.86 bits per heavy atom. The highest BCUT2D eigenvalue weighted by atomic mass is 16.5. The fourth-order valence-electron chi connectivity index (χ4n) is 4.30. The van der Waals surface area contributed by atoms with Gasteiger partial charge in [0.15, 0.2) is 5.96 Å². The number of hydrogen-bond donors (Lipinski definition) is 1. The summed E-state index contributed by atoms with van der Waals surface area (Å²) in [4.78, 5) is 9.80. The molecule has 0 aromatic rings. The van der Waals surface area contributed by atoms with Crippen LogP contribution in [0.2, 0.25) is 0 Å². The van der Waals surface area contributed by atoms with Crippen LogP contribution >= 0.6 is 0 Å². The van der Waals surface area contributed by atoms with Crippen LogP contribution in [0.1, 0.15) is 51.9 Å². The van der Waals surface area contributed by atoms with Crippen molar-refractivity contribution in [2.24, 2.45) is 4.99 Å². The molecule has 1 atom stereocenters. The average Bonchev–Trinajstić information content (AvgIpc) is 2.78. The third-order valence-electron chi connectivity index (χ3n) is 6.12. The normalized spacial score (nSPS) is 25.3. The molecule has 29 heavy (non-hydrogen) atoms. The van der Waals surface area contributed by atoms with Crippen molar-refractivity contribution in [1.29, 1.82) is 0 Å². The van der Waals surface area contributed by atoms with E-state index in [2.05, 4.69) is 22.0 Å². The molecule has 0 spiro atoms. The molecule has 0 amide bonds. The van der Waals surface area contributed by atoms with E-state index in [1.54, 1.807) is 0 Å². The first-order valence-corrected chi connectivity index (χ1v) is 11.9. The van der Waals surface area contributed by atoms with Gasteiger partial charge < -0.3 is 24.4 Å². The van der Waals surface area contributed by atoms with Gasteiger partial charge in [0.05, 0.1) is 32.0 Å². The van der Waals surface area contributed by atoms with Crippen LogP contribution in [0.25, 0.3) is 0 Å². The van der Waals surface area contributed by atoms with Gasteiger partial charge in [0.25, 0.3) is 0 Å². The smallest absolute Gasteiger partial charge is 0.193 e. The van der Waals surface area contributed by atoms with Gasteiger partial charge in [-0.05, 0) is 58.4 Å². The molecule has 0 aliphatic carbocycles. The van der Waals surface area contributed by atoms with Gasteiger partial charge in [-0.15, -0.1) is 0 Å². The summed E-state index contributed by atoms with van der Waals surface area (Å²) in [6.07, 6.45) is 8.83. The Hall–Kier alpha value is -0.890. The zero-order valence-electron chi connectivity index (χ0n) is 18.4. The Labute approximate surface area is 177 Å². The number of morpholine rings is 1. The zero-order valence-corrected chi connectivity index (χ0v) is 18.4. The summed E-state index contributed by atoms with van der Waals surface area (Å²) in [5.41, 5.74) is 0. The molecular weight excluding hydrogens is 368 g/mol. The van der Waals surface area contributed by atoms with Crippen LogP contribution in [-0.4, -0.2) is 100 Å².